The number of carboxylic acid groups (broad SMARTS) is 1. The standard InChI is InChI=1S/C17H14F2N2O4/c18-9-6-10(19)8-11(7-9)20-16(22)13-3-1-2-12-14(21-17(23)24)4-5-25-15(12)13/h1-3,6-8,14,21H,4-5H2,(H,20,22)(H,23,24). The summed E-state index contributed by atoms with van der Waals surface area (Å²) < 4.78 is 32.0. The molecule has 1 unspecified atom stereocenters. The van der Waals surface area contributed by atoms with Crippen molar-refractivity contribution in [1.82, 2.24) is 5.32 Å². The summed E-state index contributed by atoms with van der Waals surface area (Å²) in [5, 5.41) is 13.7. The maximum absolute atomic E-state index is 13.2. The number of carbonyl (C=O) groups is 2. The van der Waals surface area contributed by atoms with Gasteiger partial charge in [-0.1, -0.05) is 12.1 Å². The van der Waals surface area contributed by atoms with Crippen molar-refractivity contribution in [2.45, 2.75) is 12.5 Å². The monoisotopic (exact) mass is 348 g/mol. The Balaban J connectivity index is 1.90. The van der Waals surface area contributed by atoms with Gasteiger partial charge < -0.3 is 20.5 Å². The molecule has 0 aromatic heterocycles. The van der Waals surface area contributed by atoms with E-state index in [2.05, 4.69) is 10.6 Å². The lowest BCUT2D eigenvalue weighted by atomic mass is 9.97. The van der Waals surface area contributed by atoms with Gasteiger partial charge in [-0.25, -0.2) is 13.6 Å². The fraction of sp³-hybridized carbons (Fsp3) is 0.176. The van der Waals surface area contributed by atoms with Crippen molar-refractivity contribution in [3.63, 3.8) is 0 Å². The van der Waals surface area contributed by atoms with E-state index < -0.39 is 29.7 Å². The van der Waals surface area contributed by atoms with Crippen LogP contribution < -0.4 is 15.4 Å². The lowest BCUT2D eigenvalue weighted by Gasteiger charge is -2.27. The molecular weight excluding hydrogens is 334 g/mol. The second-order valence-corrected chi connectivity index (χ2v) is 5.48. The molecule has 1 aliphatic heterocycles. The molecule has 1 aliphatic rings. The quantitative estimate of drug-likeness (QED) is 0.794. The third-order valence-corrected chi connectivity index (χ3v) is 3.74. The third kappa shape index (κ3) is 3.68. The fourth-order valence-corrected chi connectivity index (χ4v) is 2.73. The van der Waals surface area contributed by atoms with E-state index in [9.17, 15) is 18.4 Å². The van der Waals surface area contributed by atoms with Crippen LogP contribution in [0.25, 0.3) is 0 Å². The molecule has 3 N–H and O–H groups in total. The molecule has 0 bridgehead atoms. The highest BCUT2D eigenvalue weighted by Crippen LogP contribution is 2.35. The second kappa shape index (κ2) is 6.76. The predicted octanol–water partition coefficient (Wildman–Crippen LogP) is 3.31. The molecule has 2 aromatic carbocycles. The number of amides is 2. The van der Waals surface area contributed by atoms with Gasteiger partial charge >= 0.3 is 6.09 Å². The van der Waals surface area contributed by atoms with E-state index in [1.807, 2.05) is 0 Å². The zero-order valence-electron chi connectivity index (χ0n) is 12.9. The van der Waals surface area contributed by atoms with Crippen LogP contribution in [0.3, 0.4) is 0 Å². The van der Waals surface area contributed by atoms with Crippen LogP contribution in [-0.2, 0) is 0 Å². The number of carbonyl (C=O) groups excluding carboxylic acids is 1. The Labute approximate surface area is 141 Å². The predicted molar refractivity (Wildman–Crippen MR) is 84.8 cm³/mol. The van der Waals surface area contributed by atoms with Crippen molar-refractivity contribution in [3.05, 3.63) is 59.2 Å². The minimum atomic E-state index is -1.18. The van der Waals surface area contributed by atoms with Gasteiger partial charge in [0.15, 0.2) is 0 Å². The van der Waals surface area contributed by atoms with E-state index in [0.717, 1.165) is 12.1 Å². The largest absolute Gasteiger partial charge is 0.492 e. The lowest BCUT2D eigenvalue weighted by Crippen LogP contribution is -2.31. The molecule has 0 fully saturated rings. The van der Waals surface area contributed by atoms with Gasteiger partial charge in [-0.3, -0.25) is 4.79 Å². The molecule has 0 spiro atoms. The number of rotatable bonds is 3. The molecule has 8 heteroatoms. The number of anilines is 1. The number of benzene rings is 2. The summed E-state index contributed by atoms with van der Waals surface area (Å²) in [6.07, 6.45) is -0.748. The first-order valence-electron chi connectivity index (χ1n) is 7.46. The van der Waals surface area contributed by atoms with Gasteiger partial charge in [0.1, 0.15) is 17.4 Å². The maximum Gasteiger partial charge on any atom is 0.405 e. The number of nitrogens with one attached hydrogen (secondary N) is 2. The van der Waals surface area contributed by atoms with Crippen LogP contribution in [0.15, 0.2) is 36.4 Å². The molecule has 3 rings (SSSR count). The molecule has 1 heterocycles. The number of fused-ring (bicyclic) bond motifs is 1. The third-order valence-electron chi connectivity index (χ3n) is 3.74. The van der Waals surface area contributed by atoms with Crippen molar-refractivity contribution in [2.75, 3.05) is 11.9 Å². The van der Waals surface area contributed by atoms with Crippen LogP contribution in [-0.4, -0.2) is 23.7 Å². The lowest BCUT2D eigenvalue weighted by molar-refractivity contribution is 0.102. The maximum atomic E-state index is 13.2. The summed E-state index contributed by atoms with van der Waals surface area (Å²) in [6, 6.07) is 6.93. The minimum absolute atomic E-state index is 0.0314. The normalized spacial score (nSPS) is 15.7. The highest BCUT2D eigenvalue weighted by molar-refractivity contribution is 6.06. The van der Waals surface area contributed by atoms with Gasteiger partial charge in [0, 0.05) is 23.7 Å². The van der Waals surface area contributed by atoms with E-state index >= 15 is 0 Å². The fourth-order valence-electron chi connectivity index (χ4n) is 2.73. The van der Waals surface area contributed by atoms with Crippen LogP contribution in [0.4, 0.5) is 19.3 Å². The Kier molecular flexibility index (Phi) is 4.51. The van der Waals surface area contributed by atoms with Crippen LogP contribution >= 0.6 is 0 Å². The SMILES string of the molecule is O=C(O)NC1CCOc2c(C(=O)Nc3cc(F)cc(F)c3)cccc21. The van der Waals surface area contributed by atoms with Gasteiger partial charge in [-0.05, 0) is 18.2 Å². The van der Waals surface area contributed by atoms with Crippen LogP contribution in [0.2, 0.25) is 0 Å². The number of hydrogen-bond donors (Lipinski definition) is 3. The highest BCUT2D eigenvalue weighted by atomic mass is 19.1. The first-order chi connectivity index (χ1) is 11.9. The summed E-state index contributed by atoms with van der Waals surface area (Å²) in [4.78, 5) is 23.4. The summed E-state index contributed by atoms with van der Waals surface area (Å²) in [6.45, 7) is 0.233. The topological polar surface area (TPSA) is 87.7 Å². The zero-order valence-corrected chi connectivity index (χ0v) is 12.9. The molecule has 2 aromatic rings. The highest BCUT2D eigenvalue weighted by Gasteiger charge is 2.27. The number of ether oxygens (including phenoxy) is 1. The van der Waals surface area contributed by atoms with Crippen molar-refractivity contribution >= 4 is 17.7 Å². The molecule has 0 radical (unpaired) electrons. The molecule has 2 amide bonds. The molecule has 0 saturated carbocycles. The van der Waals surface area contributed by atoms with Gasteiger partial charge in [0.2, 0.25) is 0 Å². The summed E-state index contributed by atoms with van der Waals surface area (Å²) >= 11 is 0. The molecule has 6 nitrogen and oxygen atoms in total. The summed E-state index contributed by atoms with van der Waals surface area (Å²) in [5.74, 6) is -1.99. The summed E-state index contributed by atoms with van der Waals surface area (Å²) in [5.41, 5.74) is 0.655. The van der Waals surface area contributed by atoms with E-state index in [1.54, 1.807) is 12.1 Å². The Hall–Kier alpha value is -3.16. The average Bonchev–Trinajstić information content (AvgIpc) is 2.53. The Morgan fingerprint density at radius 1 is 1.16 bits per heavy atom. The Morgan fingerprint density at radius 2 is 1.88 bits per heavy atom. The smallest absolute Gasteiger partial charge is 0.405 e. The number of halogens is 2. The van der Waals surface area contributed by atoms with E-state index in [-0.39, 0.29) is 23.6 Å². The first kappa shape index (κ1) is 16.7. The van der Waals surface area contributed by atoms with Crippen LogP contribution in [0, 0.1) is 11.6 Å². The minimum Gasteiger partial charge on any atom is -0.492 e. The van der Waals surface area contributed by atoms with Gasteiger partial charge in [0.25, 0.3) is 5.91 Å². The molecule has 1 atom stereocenters. The van der Waals surface area contributed by atoms with Gasteiger partial charge in [-0.15, -0.1) is 0 Å². The summed E-state index contributed by atoms with van der Waals surface area (Å²) in [7, 11) is 0. The molecule has 0 aliphatic carbocycles. The molecule has 25 heavy (non-hydrogen) atoms. The zero-order chi connectivity index (χ0) is 18.0. The van der Waals surface area contributed by atoms with Gasteiger partial charge in [-0.2, -0.15) is 0 Å². The Bertz CT molecular complexity index is 821. The first-order valence-corrected chi connectivity index (χ1v) is 7.46. The van der Waals surface area contributed by atoms with Gasteiger partial charge in [0.05, 0.1) is 18.2 Å². The molecule has 0 saturated heterocycles. The van der Waals surface area contributed by atoms with E-state index in [1.165, 1.54) is 6.07 Å². The Morgan fingerprint density at radius 3 is 2.56 bits per heavy atom. The number of hydrogen-bond acceptors (Lipinski definition) is 3. The molecular formula is C17H14F2N2O4. The van der Waals surface area contributed by atoms with Crippen LogP contribution in [0.1, 0.15) is 28.4 Å². The second-order valence-electron chi connectivity index (χ2n) is 5.48. The molecule has 130 valence electrons. The number of para-hydroxylation sites is 1. The van der Waals surface area contributed by atoms with Crippen molar-refractivity contribution in [2.24, 2.45) is 0 Å². The van der Waals surface area contributed by atoms with Crippen molar-refractivity contribution < 1.29 is 28.2 Å². The van der Waals surface area contributed by atoms with Crippen molar-refractivity contribution in [3.8, 4) is 5.75 Å². The average molecular weight is 348 g/mol. The van der Waals surface area contributed by atoms with E-state index in [4.69, 9.17) is 9.84 Å². The van der Waals surface area contributed by atoms with Crippen LogP contribution in [0.5, 0.6) is 5.75 Å². The van der Waals surface area contributed by atoms with E-state index in [0.29, 0.717) is 18.1 Å². The van der Waals surface area contributed by atoms with Crippen molar-refractivity contribution in [1.29, 1.82) is 0 Å².